The van der Waals surface area contributed by atoms with Crippen molar-refractivity contribution in [3.05, 3.63) is 88.4 Å². The van der Waals surface area contributed by atoms with Gasteiger partial charge in [-0.1, -0.05) is 6.07 Å². The molecule has 8 heteroatoms. The van der Waals surface area contributed by atoms with Crippen LogP contribution < -0.4 is 10.6 Å². The van der Waals surface area contributed by atoms with E-state index in [4.69, 9.17) is 0 Å². The molecular weight excluding hydrogens is 419 g/mol. The van der Waals surface area contributed by atoms with Gasteiger partial charge in [-0.15, -0.1) is 0 Å². The Balaban J connectivity index is 1.49. The molecule has 0 radical (unpaired) electrons. The van der Waals surface area contributed by atoms with Gasteiger partial charge in [0, 0.05) is 41.5 Å². The quantitative estimate of drug-likeness (QED) is 0.602. The molecule has 2 amide bonds. The molecule has 2 N–H and O–H groups in total. The van der Waals surface area contributed by atoms with Crippen LogP contribution in [0, 0.1) is 24.4 Å². The summed E-state index contributed by atoms with van der Waals surface area (Å²) in [6, 6.07) is 9.11. The number of amides is 2. The second kappa shape index (κ2) is 8.82. The van der Waals surface area contributed by atoms with Gasteiger partial charge in [-0.3, -0.25) is 14.6 Å². The fourth-order valence-corrected chi connectivity index (χ4v) is 3.20. The van der Waals surface area contributed by atoms with Crippen LogP contribution in [0.2, 0.25) is 0 Å². The van der Waals surface area contributed by atoms with Gasteiger partial charge in [0.2, 0.25) is 0 Å². The first kappa shape index (κ1) is 21.5. The van der Waals surface area contributed by atoms with Crippen molar-refractivity contribution in [1.82, 2.24) is 15.6 Å². The molecule has 1 aliphatic carbocycles. The molecule has 4 rings (SSSR count). The number of hydrogen-bond donors (Lipinski definition) is 2. The SMILES string of the molecule is Cc1c(F)cc(C(=O)NC2CC2)cc1-c1ccc(C(=O)NCc2ccc(F)cc2F)cn1. The van der Waals surface area contributed by atoms with Gasteiger partial charge >= 0.3 is 0 Å². The molecule has 0 atom stereocenters. The lowest BCUT2D eigenvalue weighted by atomic mass is 10.00. The summed E-state index contributed by atoms with van der Waals surface area (Å²) < 4.78 is 41.1. The maximum atomic E-state index is 14.4. The first-order chi connectivity index (χ1) is 15.3. The summed E-state index contributed by atoms with van der Waals surface area (Å²) in [4.78, 5) is 28.9. The molecule has 1 aliphatic rings. The summed E-state index contributed by atoms with van der Waals surface area (Å²) in [7, 11) is 0. The van der Waals surface area contributed by atoms with E-state index in [1.807, 2.05) is 0 Å². The Kier molecular flexibility index (Phi) is 5.94. The van der Waals surface area contributed by atoms with Crippen molar-refractivity contribution in [2.45, 2.75) is 32.4 Å². The van der Waals surface area contributed by atoms with Crippen molar-refractivity contribution in [1.29, 1.82) is 0 Å². The molecule has 1 fully saturated rings. The van der Waals surface area contributed by atoms with Gasteiger partial charge in [0.15, 0.2) is 0 Å². The minimum Gasteiger partial charge on any atom is -0.349 e. The molecule has 0 aliphatic heterocycles. The van der Waals surface area contributed by atoms with E-state index in [9.17, 15) is 22.8 Å². The number of rotatable bonds is 6. The Morgan fingerprint density at radius 3 is 2.41 bits per heavy atom. The maximum absolute atomic E-state index is 14.4. The summed E-state index contributed by atoms with van der Waals surface area (Å²) in [5, 5.41) is 5.38. The summed E-state index contributed by atoms with van der Waals surface area (Å²) >= 11 is 0. The largest absolute Gasteiger partial charge is 0.349 e. The van der Waals surface area contributed by atoms with E-state index in [1.54, 1.807) is 19.1 Å². The van der Waals surface area contributed by atoms with Crippen LogP contribution in [0.15, 0.2) is 48.7 Å². The predicted molar refractivity (Wildman–Crippen MR) is 112 cm³/mol. The van der Waals surface area contributed by atoms with Crippen LogP contribution >= 0.6 is 0 Å². The third-order valence-electron chi connectivity index (χ3n) is 5.28. The molecule has 0 spiro atoms. The number of pyridine rings is 1. The number of nitrogens with zero attached hydrogens (tertiary/aromatic N) is 1. The Hall–Kier alpha value is -3.68. The molecule has 1 heterocycles. The lowest BCUT2D eigenvalue weighted by Crippen LogP contribution is -2.25. The highest BCUT2D eigenvalue weighted by atomic mass is 19.1. The second-order valence-electron chi connectivity index (χ2n) is 7.73. The third-order valence-corrected chi connectivity index (χ3v) is 5.28. The molecule has 0 bridgehead atoms. The zero-order valence-electron chi connectivity index (χ0n) is 17.2. The smallest absolute Gasteiger partial charge is 0.253 e. The van der Waals surface area contributed by atoms with Crippen molar-refractivity contribution < 1.29 is 22.8 Å². The molecular formula is C24H20F3N3O2. The minimum atomic E-state index is -0.748. The topological polar surface area (TPSA) is 71.1 Å². The van der Waals surface area contributed by atoms with Crippen molar-refractivity contribution in [2.75, 3.05) is 0 Å². The first-order valence-corrected chi connectivity index (χ1v) is 10.1. The van der Waals surface area contributed by atoms with Crippen molar-refractivity contribution >= 4 is 11.8 Å². The number of carbonyl (C=O) groups excluding carboxylic acids is 2. The molecule has 0 saturated heterocycles. The van der Waals surface area contributed by atoms with E-state index in [0.29, 0.717) is 16.8 Å². The van der Waals surface area contributed by atoms with Gasteiger partial charge in [0.05, 0.1) is 11.3 Å². The normalized spacial score (nSPS) is 13.0. The second-order valence-corrected chi connectivity index (χ2v) is 7.73. The number of aromatic nitrogens is 1. The van der Waals surface area contributed by atoms with E-state index in [2.05, 4.69) is 15.6 Å². The number of halogens is 3. The Morgan fingerprint density at radius 1 is 0.969 bits per heavy atom. The van der Waals surface area contributed by atoms with Crippen molar-refractivity contribution in [2.24, 2.45) is 0 Å². The summed E-state index contributed by atoms with van der Waals surface area (Å²) in [5.74, 6) is -2.79. The Bertz CT molecular complexity index is 1190. The number of hydrogen-bond acceptors (Lipinski definition) is 3. The van der Waals surface area contributed by atoms with Crippen LogP contribution in [0.3, 0.4) is 0 Å². The van der Waals surface area contributed by atoms with Crippen LogP contribution in [-0.4, -0.2) is 22.8 Å². The fourth-order valence-electron chi connectivity index (χ4n) is 3.20. The van der Waals surface area contributed by atoms with E-state index < -0.39 is 23.4 Å². The van der Waals surface area contributed by atoms with Gasteiger partial charge in [-0.05, 0) is 55.7 Å². The summed E-state index contributed by atoms with van der Waals surface area (Å²) in [6.45, 7) is 1.47. The van der Waals surface area contributed by atoms with Crippen LogP contribution in [0.1, 0.15) is 44.7 Å². The van der Waals surface area contributed by atoms with Gasteiger partial charge in [0.1, 0.15) is 17.5 Å². The summed E-state index contributed by atoms with van der Waals surface area (Å²) in [6.07, 6.45) is 3.16. The molecule has 1 saturated carbocycles. The van der Waals surface area contributed by atoms with Crippen LogP contribution in [0.4, 0.5) is 13.2 Å². The average Bonchev–Trinajstić information content (AvgIpc) is 3.59. The van der Waals surface area contributed by atoms with Gasteiger partial charge in [-0.25, -0.2) is 13.2 Å². The van der Waals surface area contributed by atoms with Gasteiger partial charge < -0.3 is 10.6 Å². The Labute approximate surface area is 182 Å². The first-order valence-electron chi connectivity index (χ1n) is 10.1. The van der Waals surface area contributed by atoms with E-state index in [-0.39, 0.29) is 35.2 Å². The summed E-state index contributed by atoms with van der Waals surface area (Å²) in [5.41, 5.74) is 1.77. The predicted octanol–water partition coefficient (Wildman–Crippen LogP) is 4.30. The zero-order valence-corrected chi connectivity index (χ0v) is 17.2. The highest BCUT2D eigenvalue weighted by Crippen LogP contribution is 2.27. The standard InChI is InChI=1S/C24H20F3N3O2/c1-13-19(8-16(9-20(13)26)24(32)30-18-5-6-18)22-7-3-15(12-28-22)23(31)29-11-14-2-4-17(25)10-21(14)27/h2-4,7-10,12,18H,5-6,11H2,1H3,(H,29,31)(H,30,32). The minimum absolute atomic E-state index is 0.116. The molecule has 3 aromatic rings. The van der Waals surface area contributed by atoms with Crippen LogP contribution in [0.25, 0.3) is 11.3 Å². The zero-order chi connectivity index (χ0) is 22.8. The van der Waals surface area contributed by atoms with Gasteiger partial charge in [0.25, 0.3) is 11.8 Å². The molecule has 32 heavy (non-hydrogen) atoms. The number of benzene rings is 2. The van der Waals surface area contributed by atoms with Gasteiger partial charge in [-0.2, -0.15) is 0 Å². The van der Waals surface area contributed by atoms with Crippen molar-refractivity contribution in [3.8, 4) is 11.3 Å². The monoisotopic (exact) mass is 439 g/mol. The van der Waals surface area contributed by atoms with Crippen LogP contribution in [-0.2, 0) is 6.54 Å². The lowest BCUT2D eigenvalue weighted by Gasteiger charge is -2.11. The Morgan fingerprint density at radius 2 is 1.75 bits per heavy atom. The average molecular weight is 439 g/mol. The van der Waals surface area contributed by atoms with Crippen LogP contribution in [0.5, 0.6) is 0 Å². The molecule has 2 aromatic carbocycles. The van der Waals surface area contributed by atoms with E-state index in [1.165, 1.54) is 24.4 Å². The maximum Gasteiger partial charge on any atom is 0.253 e. The molecule has 5 nitrogen and oxygen atoms in total. The number of carbonyl (C=O) groups is 2. The highest BCUT2D eigenvalue weighted by Gasteiger charge is 2.24. The fraction of sp³-hybridized carbons (Fsp3) is 0.208. The molecule has 1 aromatic heterocycles. The van der Waals surface area contributed by atoms with Crippen molar-refractivity contribution in [3.63, 3.8) is 0 Å². The highest BCUT2D eigenvalue weighted by molar-refractivity contribution is 5.96. The molecule has 164 valence electrons. The van der Waals surface area contributed by atoms with E-state index in [0.717, 1.165) is 25.0 Å². The lowest BCUT2D eigenvalue weighted by molar-refractivity contribution is 0.0942. The van der Waals surface area contributed by atoms with E-state index >= 15 is 0 Å². The third kappa shape index (κ3) is 4.80. The number of nitrogens with one attached hydrogen (secondary N) is 2. The molecule has 0 unspecified atom stereocenters.